The van der Waals surface area contributed by atoms with Gasteiger partial charge in [-0.15, -0.1) is 0 Å². The zero-order valence-electron chi connectivity index (χ0n) is 9.65. The summed E-state index contributed by atoms with van der Waals surface area (Å²) in [7, 11) is 0. The van der Waals surface area contributed by atoms with Crippen molar-refractivity contribution in [3.05, 3.63) is 29.3 Å². The van der Waals surface area contributed by atoms with Crippen molar-refractivity contribution in [3.63, 3.8) is 0 Å². The first-order valence-corrected chi connectivity index (χ1v) is 6.04. The number of amides is 1. The molecule has 1 fully saturated rings. The second kappa shape index (κ2) is 4.04. The van der Waals surface area contributed by atoms with E-state index in [9.17, 15) is 4.79 Å². The lowest BCUT2D eigenvalue weighted by atomic mass is 9.87. The molecule has 0 bridgehead atoms. The summed E-state index contributed by atoms with van der Waals surface area (Å²) in [6, 6.07) is 6.35. The fraction of sp³-hybridized carbons (Fsp3) is 0.462. The lowest BCUT2D eigenvalue weighted by Gasteiger charge is -2.40. The number of anilines is 1. The van der Waals surface area contributed by atoms with E-state index < -0.39 is 0 Å². The number of carbonyl (C=O) groups is 1. The Balaban J connectivity index is 1.75. The Kier molecular flexibility index (Phi) is 2.52. The summed E-state index contributed by atoms with van der Waals surface area (Å²) in [6.45, 7) is 2.13. The van der Waals surface area contributed by atoms with E-state index in [2.05, 4.69) is 23.5 Å². The number of aliphatic hydroxyl groups excluding tert-OH is 1. The molecule has 0 atom stereocenters. The number of nitrogens with one attached hydrogen (secondary N) is 1. The number of fused-ring (bicyclic) bond motifs is 1. The molecule has 4 nitrogen and oxygen atoms in total. The SMILES string of the molecule is O=C(CO)N1CC(c2cccc3c2CCN3)C1. The van der Waals surface area contributed by atoms with Gasteiger partial charge in [0.1, 0.15) is 6.61 Å². The van der Waals surface area contributed by atoms with E-state index in [-0.39, 0.29) is 12.5 Å². The number of aliphatic hydroxyl groups is 1. The molecule has 3 rings (SSSR count). The van der Waals surface area contributed by atoms with Gasteiger partial charge in [0.15, 0.2) is 0 Å². The second-order valence-corrected chi connectivity index (χ2v) is 4.70. The van der Waals surface area contributed by atoms with Gasteiger partial charge in [-0.25, -0.2) is 0 Å². The summed E-state index contributed by atoms with van der Waals surface area (Å²) in [5, 5.41) is 12.1. The lowest BCUT2D eigenvalue weighted by Crippen LogP contribution is -2.49. The molecular formula is C13H16N2O2. The van der Waals surface area contributed by atoms with Crippen molar-refractivity contribution in [3.8, 4) is 0 Å². The fourth-order valence-electron chi connectivity index (χ4n) is 2.73. The molecule has 0 aromatic heterocycles. The maximum atomic E-state index is 11.3. The number of carbonyl (C=O) groups excluding carboxylic acids is 1. The predicted molar refractivity (Wildman–Crippen MR) is 65.0 cm³/mol. The minimum Gasteiger partial charge on any atom is -0.387 e. The van der Waals surface area contributed by atoms with E-state index >= 15 is 0 Å². The van der Waals surface area contributed by atoms with Gasteiger partial charge in [0.2, 0.25) is 5.91 Å². The van der Waals surface area contributed by atoms with E-state index in [1.54, 1.807) is 4.90 Å². The van der Waals surface area contributed by atoms with Crippen LogP contribution in [0.4, 0.5) is 5.69 Å². The molecule has 17 heavy (non-hydrogen) atoms. The van der Waals surface area contributed by atoms with Crippen LogP contribution in [-0.2, 0) is 11.2 Å². The van der Waals surface area contributed by atoms with Crippen molar-refractivity contribution in [2.24, 2.45) is 0 Å². The van der Waals surface area contributed by atoms with Crippen molar-refractivity contribution in [1.82, 2.24) is 4.90 Å². The lowest BCUT2D eigenvalue weighted by molar-refractivity contribution is -0.138. The van der Waals surface area contributed by atoms with E-state index in [0.29, 0.717) is 5.92 Å². The Morgan fingerprint density at radius 3 is 3.06 bits per heavy atom. The number of nitrogens with zero attached hydrogens (tertiary/aromatic N) is 1. The highest BCUT2D eigenvalue weighted by Crippen LogP contribution is 2.35. The standard InChI is InChI=1S/C13H16N2O2/c16-8-13(17)15-6-9(7-15)10-2-1-3-12-11(10)4-5-14-12/h1-3,9,14,16H,4-8H2. The number of hydrogen-bond acceptors (Lipinski definition) is 3. The Labute approximate surface area is 100 Å². The molecule has 2 heterocycles. The highest BCUT2D eigenvalue weighted by Gasteiger charge is 2.33. The van der Waals surface area contributed by atoms with Crippen molar-refractivity contribution in [1.29, 1.82) is 0 Å². The summed E-state index contributed by atoms with van der Waals surface area (Å²) < 4.78 is 0. The van der Waals surface area contributed by atoms with Crippen LogP contribution in [0.3, 0.4) is 0 Å². The maximum absolute atomic E-state index is 11.3. The second-order valence-electron chi connectivity index (χ2n) is 4.70. The van der Waals surface area contributed by atoms with Gasteiger partial charge in [0.05, 0.1) is 0 Å². The van der Waals surface area contributed by atoms with Gasteiger partial charge < -0.3 is 15.3 Å². The van der Waals surface area contributed by atoms with Crippen molar-refractivity contribution in [2.45, 2.75) is 12.3 Å². The molecule has 1 aromatic carbocycles. The van der Waals surface area contributed by atoms with Crippen LogP contribution < -0.4 is 5.32 Å². The number of benzene rings is 1. The van der Waals surface area contributed by atoms with Gasteiger partial charge in [-0.05, 0) is 23.6 Å². The first-order valence-electron chi connectivity index (χ1n) is 6.04. The number of hydrogen-bond donors (Lipinski definition) is 2. The summed E-state index contributed by atoms with van der Waals surface area (Å²) in [4.78, 5) is 13.0. The summed E-state index contributed by atoms with van der Waals surface area (Å²) in [5.74, 6) is 0.285. The van der Waals surface area contributed by atoms with E-state index in [1.165, 1.54) is 16.8 Å². The third-order valence-electron chi connectivity index (χ3n) is 3.71. The third kappa shape index (κ3) is 1.69. The van der Waals surface area contributed by atoms with Gasteiger partial charge >= 0.3 is 0 Å². The molecule has 0 saturated carbocycles. The quantitative estimate of drug-likeness (QED) is 0.784. The number of rotatable bonds is 2. The minimum absolute atomic E-state index is 0.160. The Bertz CT molecular complexity index is 453. The van der Waals surface area contributed by atoms with Crippen LogP contribution in [-0.4, -0.2) is 42.2 Å². The van der Waals surface area contributed by atoms with Crippen LogP contribution in [0.25, 0.3) is 0 Å². The molecule has 90 valence electrons. The van der Waals surface area contributed by atoms with Crippen molar-refractivity contribution in [2.75, 3.05) is 31.6 Å². The molecule has 1 amide bonds. The Hall–Kier alpha value is -1.55. The average Bonchev–Trinajstić information content (AvgIpc) is 2.75. The summed E-state index contributed by atoms with van der Waals surface area (Å²) >= 11 is 0. The van der Waals surface area contributed by atoms with Gasteiger partial charge in [0.25, 0.3) is 0 Å². The zero-order chi connectivity index (χ0) is 11.8. The molecule has 1 aromatic rings. The largest absolute Gasteiger partial charge is 0.387 e. The van der Waals surface area contributed by atoms with Crippen LogP contribution in [0, 0.1) is 0 Å². The molecule has 2 aliphatic heterocycles. The van der Waals surface area contributed by atoms with E-state index in [4.69, 9.17) is 5.11 Å². The van der Waals surface area contributed by atoms with Gasteiger partial charge in [0, 0.05) is 31.2 Å². The molecule has 0 unspecified atom stereocenters. The summed E-state index contributed by atoms with van der Waals surface area (Å²) in [6.07, 6.45) is 1.08. The van der Waals surface area contributed by atoms with Crippen LogP contribution in [0.1, 0.15) is 17.0 Å². The molecule has 4 heteroatoms. The topological polar surface area (TPSA) is 52.6 Å². The first kappa shape index (κ1) is 10.6. The molecule has 0 radical (unpaired) electrons. The molecule has 2 N–H and O–H groups in total. The van der Waals surface area contributed by atoms with Gasteiger partial charge in [-0.3, -0.25) is 4.79 Å². The summed E-state index contributed by atoms with van der Waals surface area (Å²) in [5.41, 5.74) is 4.03. The molecule has 0 aliphatic carbocycles. The zero-order valence-corrected chi connectivity index (χ0v) is 9.65. The minimum atomic E-state index is -0.374. The van der Waals surface area contributed by atoms with Crippen LogP contribution in [0.5, 0.6) is 0 Å². The average molecular weight is 232 g/mol. The van der Waals surface area contributed by atoms with Crippen molar-refractivity contribution < 1.29 is 9.90 Å². The first-order chi connectivity index (χ1) is 8.29. The normalized spacial score (nSPS) is 18.5. The molecule has 0 spiro atoms. The molecular weight excluding hydrogens is 216 g/mol. The fourth-order valence-corrected chi connectivity index (χ4v) is 2.73. The highest BCUT2D eigenvalue weighted by atomic mass is 16.3. The highest BCUT2D eigenvalue weighted by molar-refractivity contribution is 5.78. The number of likely N-dealkylation sites (tertiary alicyclic amines) is 1. The van der Waals surface area contributed by atoms with Crippen LogP contribution >= 0.6 is 0 Å². The monoisotopic (exact) mass is 232 g/mol. The van der Waals surface area contributed by atoms with E-state index in [0.717, 1.165) is 26.1 Å². The maximum Gasteiger partial charge on any atom is 0.248 e. The molecule has 1 saturated heterocycles. The van der Waals surface area contributed by atoms with Crippen LogP contribution in [0.15, 0.2) is 18.2 Å². The Morgan fingerprint density at radius 1 is 1.47 bits per heavy atom. The van der Waals surface area contributed by atoms with Crippen molar-refractivity contribution >= 4 is 11.6 Å². The predicted octanol–water partition coefficient (Wildman–Crippen LogP) is 0.573. The molecule has 2 aliphatic rings. The Morgan fingerprint density at radius 2 is 2.29 bits per heavy atom. The van der Waals surface area contributed by atoms with Gasteiger partial charge in [-0.1, -0.05) is 12.1 Å². The van der Waals surface area contributed by atoms with Gasteiger partial charge in [-0.2, -0.15) is 0 Å². The smallest absolute Gasteiger partial charge is 0.248 e. The van der Waals surface area contributed by atoms with Crippen LogP contribution in [0.2, 0.25) is 0 Å². The van der Waals surface area contributed by atoms with E-state index in [1.807, 2.05) is 0 Å². The third-order valence-corrected chi connectivity index (χ3v) is 3.71.